The van der Waals surface area contributed by atoms with Crippen molar-refractivity contribution < 1.29 is 197 Å². The highest BCUT2D eigenvalue weighted by molar-refractivity contribution is 7.89. The van der Waals surface area contributed by atoms with Gasteiger partial charge in [0.25, 0.3) is 60.7 Å². The Morgan fingerprint density at radius 2 is 0.820 bits per heavy atom. The standard InChI is InChI=1S/2C14H15F3O7S.3C13H17NO6S.C12H15NO6S/c1-6(2)12(19)22-5-9(18)23-10-7-3-8-11(10)24-25(20,21)13(8,4-7)14(15,16)17;1-5(2)13(19)22-4-8(18)23-10-6-3-7-11(10)24-25(20,21)12(7)9(6)14(15,16)17;1-3-9(15)14-6-10(16)19-12-11-7-4-13(12,2)5-8(7)21(17,18)20-11;1-3-10(15)14-6-11(16)19-12-7-4-8-9(5-7)21(17,18)20-13(8,12)2;1-3-9(15)14-5-10(16)19-11-7-4-8-12(11)20-21(17,18)13(8)6(7)2;1-2-9(14)13-5-10(15)18-11-6-3-7-8(4-6)20(16,17)19-12(7)11/h7-8,10-11H,1,3-5H2,2H3;6-7,9-12H,1,3-4H2,2H3;3,7-8,11-12H,1,4-6H2,2H3,(H,14,15);3,7-9,12H,1,4-6H2,2H3,(H,14,15);3,6-8,11-13H,1,4-5H2,2H3,(H,14,15);2,6-8,11-12H,1,3-5H2,(H,13,14). The van der Waals surface area contributed by atoms with Crippen LogP contribution in [-0.4, -0.2) is 277 Å². The van der Waals surface area contributed by atoms with Crippen molar-refractivity contribution in [1.82, 2.24) is 21.3 Å². The van der Waals surface area contributed by atoms with E-state index in [1.807, 2.05) is 13.8 Å². The van der Waals surface area contributed by atoms with Gasteiger partial charge in [-0.3, -0.25) is 63.5 Å². The maximum Gasteiger partial charge on any atom is 0.410 e. The van der Waals surface area contributed by atoms with E-state index in [0.717, 1.165) is 24.3 Å². The second kappa shape index (κ2) is 36.6. The Morgan fingerprint density at radius 1 is 0.406 bits per heavy atom. The molecule has 12 bridgehead atoms. The van der Waals surface area contributed by atoms with Crippen LogP contribution < -0.4 is 21.3 Å². The minimum Gasteiger partial charge on any atom is -0.458 e. The fourth-order valence-electron chi connectivity index (χ4n) is 23.2. The maximum atomic E-state index is 13.4. The molecule has 0 radical (unpaired) electrons. The zero-order valence-corrected chi connectivity index (χ0v) is 76.2. The predicted octanol–water partition coefficient (Wildman–Crippen LogP) is 0.406. The summed E-state index contributed by atoms with van der Waals surface area (Å²) in [6.07, 6.45) is -11.0. The molecule has 4 N–H and O–H groups in total. The lowest BCUT2D eigenvalue weighted by atomic mass is 9.82. The molecule has 12 aliphatic carbocycles. The molecule has 18 aliphatic rings. The Hall–Kier alpha value is -8.88. The van der Waals surface area contributed by atoms with Crippen molar-refractivity contribution in [3.05, 3.63) is 74.9 Å². The van der Waals surface area contributed by atoms with Crippen LogP contribution >= 0.6 is 0 Å². The molecule has 4 amide bonds. The second-order valence-electron chi connectivity index (χ2n) is 36.3. The Kier molecular flexibility index (Phi) is 27.9. The molecule has 42 nitrogen and oxygen atoms in total. The molecular weight excluding hydrogens is 1920 g/mol. The lowest BCUT2D eigenvalue weighted by molar-refractivity contribution is -0.204. The summed E-state index contributed by atoms with van der Waals surface area (Å²) in [6, 6.07) is 0. The molecule has 6 aliphatic heterocycles. The van der Waals surface area contributed by atoms with Gasteiger partial charge in [-0.2, -0.15) is 76.8 Å². The van der Waals surface area contributed by atoms with Crippen LogP contribution in [0.5, 0.6) is 0 Å². The number of esters is 8. The number of ether oxygens (including phenoxy) is 8. The van der Waals surface area contributed by atoms with E-state index in [-0.39, 0.29) is 103 Å². The number of nitrogens with one attached hydrogen (secondary N) is 4. The van der Waals surface area contributed by atoms with Gasteiger partial charge in [-0.15, -0.1) is 0 Å². The summed E-state index contributed by atoms with van der Waals surface area (Å²) in [5, 5.41) is 5.81. The molecule has 6 heterocycles. The molecule has 738 valence electrons. The quantitative estimate of drug-likeness (QED) is 0.0334. The summed E-state index contributed by atoms with van der Waals surface area (Å²) in [5.74, 6) is -14.7. The fraction of sp³-hybridized carbons (Fsp3) is 0.696. The average Bonchev–Trinajstić information content (AvgIpc) is 1.50. The predicted molar refractivity (Wildman–Crippen MR) is 430 cm³/mol. The van der Waals surface area contributed by atoms with Crippen molar-refractivity contribution >= 4 is 132 Å². The maximum absolute atomic E-state index is 13.4. The highest BCUT2D eigenvalue weighted by atomic mass is 32.2. The van der Waals surface area contributed by atoms with Gasteiger partial charge < -0.3 is 59.2 Å². The molecule has 32 atom stereocenters. The van der Waals surface area contributed by atoms with Crippen LogP contribution in [0.25, 0.3) is 0 Å². The largest absolute Gasteiger partial charge is 0.458 e. The van der Waals surface area contributed by atoms with Crippen molar-refractivity contribution in [3.8, 4) is 0 Å². The van der Waals surface area contributed by atoms with Crippen LogP contribution in [0.2, 0.25) is 0 Å². The molecule has 0 spiro atoms. The van der Waals surface area contributed by atoms with E-state index in [9.17, 15) is 134 Å². The van der Waals surface area contributed by atoms with E-state index < -0.39 is 297 Å². The van der Waals surface area contributed by atoms with Gasteiger partial charge in [0.1, 0.15) is 104 Å². The first-order chi connectivity index (χ1) is 61.6. The van der Waals surface area contributed by atoms with Crippen LogP contribution in [0.4, 0.5) is 26.3 Å². The number of halogens is 6. The van der Waals surface area contributed by atoms with Crippen molar-refractivity contribution in [2.24, 2.45) is 82.3 Å². The second-order valence-corrected chi connectivity index (χ2v) is 46.9. The number of rotatable bonds is 24. The first-order valence-electron chi connectivity index (χ1n) is 41.8. The number of hydrogen-bond acceptors (Lipinski definition) is 38. The minimum atomic E-state index is -4.97. The number of fused-ring (bicyclic) bond motifs is 6. The number of carbonyl (C=O) groups excluding carboxylic acids is 12. The normalized spacial score (nSPS) is 39.9. The SMILES string of the molecule is C=C(C)C(=O)OCC(=O)OC1C2CC3C1OS(=O)(=O)C3(C(F)(F)F)C2.C=C(C)C(=O)OCC(=O)OC1C2CC3C1OS(=O)(=O)C3C2C(F)(F)F.C=CC(=O)NCC(=O)OC1C2CC3C(C2)S(=O)(=O)OC31C.C=CC(=O)NCC(=O)OC1C2CC3C1OS(=O)(=O)C3C2.C=CC(=O)NCC(=O)OC1C2CC3C1OS(=O)(=O)C3C2C.C=CC(=O)NCC(=O)OC1C2OS(=O)(=O)C3CC1(C)CC23. The van der Waals surface area contributed by atoms with E-state index in [0.29, 0.717) is 44.9 Å². The molecule has 0 aromatic carbocycles. The van der Waals surface area contributed by atoms with Crippen LogP contribution in [0.1, 0.15) is 98.8 Å². The molecule has 0 aromatic heterocycles. The van der Waals surface area contributed by atoms with Gasteiger partial charge in [-0.1, -0.05) is 53.3 Å². The monoisotopic (exact) mass is 2010 g/mol. The smallest absolute Gasteiger partial charge is 0.410 e. The van der Waals surface area contributed by atoms with Crippen LogP contribution in [-0.2, 0) is 181 Å². The topological polar surface area (TPSA) is 587 Å². The Bertz CT molecular complexity index is 5570. The summed E-state index contributed by atoms with van der Waals surface area (Å²) in [5.41, 5.74) is -1.24. The van der Waals surface area contributed by atoms with Gasteiger partial charge >= 0.3 is 60.1 Å². The van der Waals surface area contributed by atoms with Gasteiger partial charge in [0.05, 0.1) is 26.9 Å². The summed E-state index contributed by atoms with van der Waals surface area (Å²) < 4.78 is 291. The molecular formula is C79H96F6N4O38S6. The molecule has 54 heteroatoms. The fourth-order valence-corrected chi connectivity index (χ4v) is 35.4. The van der Waals surface area contributed by atoms with Crippen molar-refractivity contribution in [3.63, 3.8) is 0 Å². The lowest BCUT2D eigenvalue weighted by Crippen LogP contribution is -2.54. The number of amides is 4. The third-order valence-electron chi connectivity index (χ3n) is 28.4. The Balaban J connectivity index is 0.000000136. The third kappa shape index (κ3) is 18.9. The van der Waals surface area contributed by atoms with Crippen molar-refractivity contribution in [1.29, 1.82) is 0 Å². The highest BCUT2D eigenvalue weighted by Gasteiger charge is 2.84. The molecule has 18 rings (SSSR count). The van der Waals surface area contributed by atoms with Crippen LogP contribution in [0, 0.1) is 82.3 Å². The molecule has 32 unspecified atom stereocenters. The van der Waals surface area contributed by atoms with Gasteiger partial charge in [-0.25, -0.2) is 19.2 Å². The van der Waals surface area contributed by atoms with Crippen molar-refractivity contribution in [2.45, 2.75) is 215 Å². The first-order valence-corrected chi connectivity index (χ1v) is 50.5. The van der Waals surface area contributed by atoms with Crippen LogP contribution in [0.15, 0.2) is 74.9 Å². The van der Waals surface area contributed by atoms with Crippen molar-refractivity contribution in [2.75, 3.05) is 39.4 Å². The summed E-state index contributed by atoms with van der Waals surface area (Å²) >= 11 is 0. The van der Waals surface area contributed by atoms with Gasteiger partial charge in [0.2, 0.25) is 23.6 Å². The van der Waals surface area contributed by atoms with Crippen LogP contribution in [0.3, 0.4) is 0 Å². The summed E-state index contributed by atoms with van der Waals surface area (Å²) in [4.78, 5) is 137. The zero-order valence-electron chi connectivity index (χ0n) is 71.3. The van der Waals surface area contributed by atoms with Gasteiger partial charge in [0, 0.05) is 81.7 Å². The number of hydrogen-bond donors (Lipinski definition) is 4. The molecule has 18 fully saturated rings. The lowest BCUT2D eigenvalue weighted by Gasteiger charge is -2.33. The molecule has 0 aromatic rings. The van der Waals surface area contributed by atoms with E-state index in [2.05, 4.69) is 74.4 Å². The number of alkyl halides is 6. The number of carbonyl (C=O) groups is 12. The van der Waals surface area contributed by atoms with E-state index >= 15 is 0 Å². The van der Waals surface area contributed by atoms with E-state index in [1.54, 1.807) is 6.92 Å². The summed E-state index contributed by atoms with van der Waals surface area (Å²) in [7, 11) is -23.4. The Morgan fingerprint density at radius 3 is 1.32 bits per heavy atom. The molecule has 12 saturated carbocycles. The molecule has 6 saturated heterocycles. The highest BCUT2D eigenvalue weighted by Crippen LogP contribution is 2.69. The minimum absolute atomic E-state index is 0.00123. The first kappa shape index (κ1) is 102. The zero-order chi connectivity index (χ0) is 98.2. The van der Waals surface area contributed by atoms with Gasteiger partial charge in [-0.05, 0) is 115 Å². The molecule has 133 heavy (non-hydrogen) atoms. The summed E-state index contributed by atoms with van der Waals surface area (Å²) in [6.45, 7) is 25.3. The third-order valence-corrected chi connectivity index (χ3v) is 39.6. The average molecular weight is 2020 g/mol. The van der Waals surface area contributed by atoms with Gasteiger partial charge in [0.15, 0.2) is 18.0 Å². The van der Waals surface area contributed by atoms with E-state index in [1.165, 1.54) is 13.8 Å². The Labute approximate surface area is 758 Å². The van der Waals surface area contributed by atoms with E-state index in [4.69, 9.17) is 49.3 Å².